The van der Waals surface area contributed by atoms with Crippen molar-refractivity contribution in [2.24, 2.45) is 0 Å². The summed E-state index contributed by atoms with van der Waals surface area (Å²) < 4.78 is 5.22. The Labute approximate surface area is 91.0 Å². The fourth-order valence-electron chi connectivity index (χ4n) is 1.61. The highest BCUT2D eigenvalue weighted by Gasteiger charge is 2.14. The van der Waals surface area contributed by atoms with E-state index in [1.165, 1.54) is 0 Å². The molecule has 0 saturated carbocycles. The standard InChI is InChI=1S/C10H22N2O3/c1-9(13)6-11-7-10(14)8-12-2-4-15-5-3-12/h9-11,13-14H,2-8H2,1H3. The first-order valence-electron chi connectivity index (χ1n) is 5.55. The molecule has 15 heavy (non-hydrogen) atoms. The molecule has 3 N–H and O–H groups in total. The number of ether oxygens (including phenoxy) is 1. The summed E-state index contributed by atoms with van der Waals surface area (Å²) in [4.78, 5) is 2.19. The van der Waals surface area contributed by atoms with Gasteiger partial charge in [-0.05, 0) is 6.92 Å². The van der Waals surface area contributed by atoms with Gasteiger partial charge in [-0.3, -0.25) is 4.90 Å². The third-order valence-electron chi connectivity index (χ3n) is 2.39. The van der Waals surface area contributed by atoms with Crippen LogP contribution in [0.4, 0.5) is 0 Å². The van der Waals surface area contributed by atoms with Crippen LogP contribution in [0.5, 0.6) is 0 Å². The Kier molecular flexibility index (Phi) is 6.12. The lowest BCUT2D eigenvalue weighted by molar-refractivity contribution is 0.0145. The molecule has 1 heterocycles. The second-order valence-corrected chi connectivity index (χ2v) is 4.07. The molecular weight excluding hydrogens is 196 g/mol. The van der Waals surface area contributed by atoms with Crippen molar-refractivity contribution in [1.82, 2.24) is 10.2 Å². The number of rotatable bonds is 6. The number of nitrogens with one attached hydrogen (secondary N) is 1. The van der Waals surface area contributed by atoms with Gasteiger partial charge in [-0.1, -0.05) is 0 Å². The molecule has 2 atom stereocenters. The van der Waals surface area contributed by atoms with Gasteiger partial charge >= 0.3 is 0 Å². The molecule has 0 aliphatic carbocycles. The summed E-state index contributed by atoms with van der Waals surface area (Å²) in [6.45, 7) is 6.77. The van der Waals surface area contributed by atoms with E-state index in [1.807, 2.05) is 0 Å². The maximum atomic E-state index is 9.69. The van der Waals surface area contributed by atoms with Gasteiger partial charge in [0.25, 0.3) is 0 Å². The van der Waals surface area contributed by atoms with Crippen LogP contribution in [-0.4, -0.2) is 73.3 Å². The molecule has 0 aromatic carbocycles. The topological polar surface area (TPSA) is 65.0 Å². The Balaban J connectivity index is 2.03. The van der Waals surface area contributed by atoms with E-state index >= 15 is 0 Å². The van der Waals surface area contributed by atoms with E-state index in [9.17, 15) is 5.11 Å². The molecule has 0 spiro atoms. The Morgan fingerprint density at radius 1 is 1.27 bits per heavy atom. The molecule has 1 aliphatic heterocycles. The van der Waals surface area contributed by atoms with E-state index in [2.05, 4.69) is 10.2 Å². The monoisotopic (exact) mass is 218 g/mol. The van der Waals surface area contributed by atoms with E-state index < -0.39 is 0 Å². The number of hydrogen-bond donors (Lipinski definition) is 3. The van der Waals surface area contributed by atoms with Gasteiger partial charge in [-0.15, -0.1) is 0 Å². The largest absolute Gasteiger partial charge is 0.392 e. The van der Waals surface area contributed by atoms with Crippen LogP contribution in [0.3, 0.4) is 0 Å². The highest BCUT2D eigenvalue weighted by molar-refractivity contribution is 4.69. The van der Waals surface area contributed by atoms with Crippen LogP contribution in [0.1, 0.15) is 6.92 Å². The zero-order valence-corrected chi connectivity index (χ0v) is 9.35. The van der Waals surface area contributed by atoms with Gasteiger partial charge in [0.2, 0.25) is 0 Å². The molecule has 0 radical (unpaired) electrons. The highest BCUT2D eigenvalue weighted by atomic mass is 16.5. The van der Waals surface area contributed by atoms with Crippen molar-refractivity contribution in [2.75, 3.05) is 45.9 Å². The van der Waals surface area contributed by atoms with Gasteiger partial charge in [-0.2, -0.15) is 0 Å². The minimum Gasteiger partial charge on any atom is -0.392 e. The van der Waals surface area contributed by atoms with Crippen LogP contribution in [0.25, 0.3) is 0 Å². The quantitative estimate of drug-likeness (QED) is 0.514. The van der Waals surface area contributed by atoms with Gasteiger partial charge in [0.05, 0.1) is 25.4 Å². The zero-order chi connectivity index (χ0) is 11.1. The SMILES string of the molecule is CC(O)CNCC(O)CN1CCOCC1. The Bertz CT molecular complexity index is 161. The normalized spacial score (nSPS) is 22.6. The van der Waals surface area contributed by atoms with Crippen LogP contribution in [0.15, 0.2) is 0 Å². The van der Waals surface area contributed by atoms with Crippen molar-refractivity contribution in [3.63, 3.8) is 0 Å². The first-order chi connectivity index (χ1) is 7.18. The van der Waals surface area contributed by atoms with E-state index in [4.69, 9.17) is 9.84 Å². The summed E-state index contributed by atoms with van der Waals surface area (Å²) in [7, 11) is 0. The zero-order valence-electron chi connectivity index (χ0n) is 9.35. The highest BCUT2D eigenvalue weighted by Crippen LogP contribution is 1.98. The van der Waals surface area contributed by atoms with Gasteiger partial charge in [0.15, 0.2) is 0 Å². The molecule has 90 valence electrons. The van der Waals surface area contributed by atoms with Gasteiger partial charge in [0, 0.05) is 32.7 Å². The summed E-state index contributed by atoms with van der Waals surface area (Å²) in [5.74, 6) is 0. The fourth-order valence-corrected chi connectivity index (χ4v) is 1.61. The summed E-state index contributed by atoms with van der Waals surface area (Å²) >= 11 is 0. The average molecular weight is 218 g/mol. The Morgan fingerprint density at radius 3 is 2.53 bits per heavy atom. The third kappa shape index (κ3) is 6.06. The predicted octanol–water partition coefficient (Wildman–Crippen LogP) is -1.35. The lowest BCUT2D eigenvalue weighted by atomic mass is 10.3. The molecule has 0 aromatic heterocycles. The van der Waals surface area contributed by atoms with Crippen LogP contribution < -0.4 is 5.32 Å². The molecule has 2 unspecified atom stereocenters. The van der Waals surface area contributed by atoms with Gasteiger partial charge in [-0.25, -0.2) is 0 Å². The van der Waals surface area contributed by atoms with E-state index in [1.54, 1.807) is 6.92 Å². The first-order valence-corrected chi connectivity index (χ1v) is 5.55. The minimum atomic E-state index is -0.373. The number of hydrogen-bond acceptors (Lipinski definition) is 5. The number of aliphatic hydroxyl groups is 2. The number of nitrogens with zero attached hydrogens (tertiary/aromatic N) is 1. The average Bonchev–Trinajstić information content (AvgIpc) is 2.18. The molecule has 1 fully saturated rings. The van der Waals surface area contributed by atoms with E-state index in [-0.39, 0.29) is 12.2 Å². The second-order valence-electron chi connectivity index (χ2n) is 4.07. The molecule has 5 heteroatoms. The predicted molar refractivity (Wildman–Crippen MR) is 57.8 cm³/mol. The summed E-state index contributed by atoms with van der Waals surface area (Å²) in [5.41, 5.74) is 0. The van der Waals surface area contributed by atoms with E-state index in [0.717, 1.165) is 26.3 Å². The van der Waals surface area contributed by atoms with Crippen molar-refractivity contribution in [1.29, 1.82) is 0 Å². The molecule has 0 amide bonds. The van der Waals surface area contributed by atoms with Crippen molar-refractivity contribution < 1.29 is 14.9 Å². The van der Waals surface area contributed by atoms with Crippen LogP contribution in [0, 0.1) is 0 Å². The van der Waals surface area contributed by atoms with Gasteiger partial charge < -0.3 is 20.3 Å². The van der Waals surface area contributed by atoms with Crippen LogP contribution in [-0.2, 0) is 4.74 Å². The number of morpholine rings is 1. The molecule has 1 saturated heterocycles. The van der Waals surface area contributed by atoms with Crippen molar-refractivity contribution >= 4 is 0 Å². The molecule has 1 rings (SSSR count). The fraction of sp³-hybridized carbons (Fsp3) is 1.00. The lowest BCUT2D eigenvalue weighted by Gasteiger charge is -2.28. The van der Waals surface area contributed by atoms with Crippen molar-refractivity contribution in [2.45, 2.75) is 19.1 Å². The lowest BCUT2D eigenvalue weighted by Crippen LogP contribution is -2.44. The maximum absolute atomic E-state index is 9.69. The van der Waals surface area contributed by atoms with Crippen molar-refractivity contribution in [3.05, 3.63) is 0 Å². The molecule has 0 bridgehead atoms. The molecule has 5 nitrogen and oxygen atoms in total. The summed E-state index contributed by atoms with van der Waals surface area (Å²) in [6, 6.07) is 0. The molecule has 0 aromatic rings. The van der Waals surface area contributed by atoms with E-state index in [0.29, 0.717) is 19.6 Å². The first kappa shape index (κ1) is 12.9. The van der Waals surface area contributed by atoms with Crippen LogP contribution >= 0.6 is 0 Å². The third-order valence-corrected chi connectivity index (χ3v) is 2.39. The van der Waals surface area contributed by atoms with Crippen LogP contribution in [0.2, 0.25) is 0 Å². The maximum Gasteiger partial charge on any atom is 0.0791 e. The minimum absolute atomic E-state index is 0.361. The smallest absolute Gasteiger partial charge is 0.0791 e. The second kappa shape index (κ2) is 7.14. The summed E-state index contributed by atoms with van der Waals surface area (Å²) in [5, 5.41) is 21.7. The Morgan fingerprint density at radius 2 is 1.93 bits per heavy atom. The number of aliphatic hydroxyl groups excluding tert-OH is 2. The number of β-amino-alcohol motifs (C(OH)–C–C–N with tert-alkyl or cyclic N) is 1. The summed E-state index contributed by atoms with van der Waals surface area (Å²) in [6.07, 6.45) is -0.734. The van der Waals surface area contributed by atoms with Crippen molar-refractivity contribution in [3.8, 4) is 0 Å². The molecule has 1 aliphatic rings. The molecular formula is C10H22N2O3. The Hall–Kier alpha value is -0.200. The van der Waals surface area contributed by atoms with Gasteiger partial charge in [0.1, 0.15) is 0 Å².